The molecule has 0 fully saturated rings. The van der Waals surface area contributed by atoms with Gasteiger partial charge in [-0.25, -0.2) is 0 Å². The fourth-order valence-corrected chi connectivity index (χ4v) is 1.58. The third-order valence-electron chi connectivity index (χ3n) is 1.43. The Labute approximate surface area is 75.6 Å². The van der Waals surface area contributed by atoms with Crippen LogP contribution in [0.25, 0.3) is 0 Å². The van der Waals surface area contributed by atoms with Crippen LogP contribution in [-0.2, 0) is 7.05 Å². The molecule has 0 saturated heterocycles. The van der Waals surface area contributed by atoms with E-state index in [0.29, 0.717) is 0 Å². The van der Waals surface area contributed by atoms with Crippen LogP contribution in [0.4, 0.5) is 0 Å². The van der Waals surface area contributed by atoms with Crippen molar-refractivity contribution in [1.29, 1.82) is 5.41 Å². The van der Waals surface area contributed by atoms with Crippen LogP contribution in [0.15, 0.2) is 17.3 Å². The van der Waals surface area contributed by atoms with Crippen molar-refractivity contribution in [2.75, 3.05) is 0 Å². The molecule has 0 aliphatic carbocycles. The lowest BCUT2D eigenvalue weighted by Gasteiger charge is -2.05. The fraction of sp³-hybridized carbons (Fsp3) is 0.429. The summed E-state index contributed by atoms with van der Waals surface area (Å²) in [6, 6.07) is 0. The Morgan fingerprint density at radius 1 is 1.83 bits per heavy atom. The molecule has 66 valence electrons. The molecule has 1 heterocycles. The zero-order valence-corrected chi connectivity index (χ0v) is 7.93. The lowest BCUT2D eigenvalue weighted by Crippen LogP contribution is -2.21. The summed E-state index contributed by atoms with van der Waals surface area (Å²) < 4.78 is 1.73. The Balaban J connectivity index is 2.58. The highest BCUT2D eigenvalue weighted by Crippen LogP contribution is 2.21. The molecule has 0 aliphatic rings. The highest BCUT2D eigenvalue weighted by Gasteiger charge is 2.07. The Hall–Kier alpha value is -0.970. The van der Waals surface area contributed by atoms with Gasteiger partial charge >= 0.3 is 0 Å². The quantitative estimate of drug-likeness (QED) is 0.415. The predicted molar refractivity (Wildman–Crippen MR) is 50.4 cm³/mol. The van der Waals surface area contributed by atoms with E-state index in [1.807, 2.05) is 20.2 Å². The van der Waals surface area contributed by atoms with Crippen LogP contribution in [-0.4, -0.2) is 20.9 Å². The SMILES string of the molecule is CC(Sc1cnn(C)c1)C(=N)N. The van der Waals surface area contributed by atoms with E-state index in [1.165, 1.54) is 11.8 Å². The van der Waals surface area contributed by atoms with Gasteiger partial charge in [0, 0.05) is 18.1 Å². The molecular formula is C7H12N4S. The average molecular weight is 184 g/mol. The van der Waals surface area contributed by atoms with Crippen molar-refractivity contribution >= 4 is 17.6 Å². The van der Waals surface area contributed by atoms with Gasteiger partial charge in [-0.05, 0) is 6.92 Å². The number of aryl methyl sites for hydroxylation is 1. The van der Waals surface area contributed by atoms with E-state index < -0.39 is 0 Å². The molecule has 0 spiro atoms. The molecule has 1 aromatic heterocycles. The van der Waals surface area contributed by atoms with Crippen LogP contribution in [0.5, 0.6) is 0 Å². The maximum atomic E-state index is 7.19. The van der Waals surface area contributed by atoms with Gasteiger partial charge in [0.05, 0.1) is 11.4 Å². The second-order valence-electron chi connectivity index (χ2n) is 2.57. The fourth-order valence-electron chi connectivity index (χ4n) is 0.727. The minimum atomic E-state index is 0.0224. The summed E-state index contributed by atoms with van der Waals surface area (Å²) in [4.78, 5) is 1.04. The topological polar surface area (TPSA) is 67.7 Å². The average Bonchev–Trinajstić information content (AvgIpc) is 2.35. The van der Waals surface area contributed by atoms with E-state index in [0.717, 1.165) is 4.90 Å². The van der Waals surface area contributed by atoms with Gasteiger partial charge in [0.25, 0.3) is 0 Å². The van der Waals surface area contributed by atoms with Gasteiger partial charge in [0.1, 0.15) is 5.84 Å². The second-order valence-corrected chi connectivity index (χ2v) is 3.98. The Morgan fingerprint density at radius 2 is 2.50 bits per heavy atom. The summed E-state index contributed by atoms with van der Waals surface area (Å²) in [5.41, 5.74) is 5.33. The van der Waals surface area contributed by atoms with Crippen molar-refractivity contribution in [2.24, 2.45) is 12.8 Å². The molecule has 1 rings (SSSR count). The van der Waals surface area contributed by atoms with Crippen LogP contribution in [0, 0.1) is 5.41 Å². The van der Waals surface area contributed by atoms with E-state index in [4.69, 9.17) is 11.1 Å². The smallest absolute Gasteiger partial charge is 0.104 e. The minimum absolute atomic E-state index is 0.0224. The van der Waals surface area contributed by atoms with Crippen LogP contribution in [0.1, 0.15) is 6.92 Å². The third kappa shape index (κ3) is 2.27. The van der Waals surface area contributed by atoms with Gasteiger partial charge in [0.15, 0.2) is 0 Å². The molecule has 0 amide bonds. The predicted octanol–water partition coefficient (Wildman–Crippen LogP) is 0.837. The first-order valence-corrected chi connectivity index (χ1v) is 4.47. The molecule has 0 radical (unpaired) electrons. The maximum absolute atomic E-state index is 7.19. The molecule has 0 aromatic carbocycles. The third-order valence-corrected chi connectivity index (χ3v) is 2.52. The highest BCUT2D eigenvalue weighted by atomic mass is 32.2. The molecule has 1 aromatic rings. The van der Waals surface area contributed by atoms with E-state index in [2.05, 4.69) is 5.10 Å². The van der Waals surface area contributed by atoms with E-state index in [1.54, 1.807) is 10.9 Å². The number of amidine groups is 1. The first kappa shape index (κ1) is 9.12. The Bertz CT molecular complexity index is 281. The van der Waals surface area contributed by atoms with E-state index >= 15 is 0 Å². The molecule has 1 unspecified atom stereocenters. The number of hydrogen-bond donors (Lipinski definition) is 2. The van der Waals surface area contributed by atoms with Crippen molar-refractivity contribution in [1.82, 2.24) is 9.78 Å². The summed E-state index contributed by atoms with van der Waals surface area (Å²) in [5, 5.41) is 11.2. The standard InChI is InChI=1S/C7H12N4S/c1-5(7(8)9)12-6-3-10-11(2)4-6/h3-5H,1-2H3,(H3,8,9). The molecule has 5 heteroatoms. The summed E-state index contributed by atoms with van der Waals surface area (Å²) in [5.74, 6) is 0.198. The number of rotatable bonds is 3. The van der Waals surface area contributed by atoms with E-state index in [9.17, 15) is 0 Å². The highest BCUT2D eigenvalue weighted by molar-refractivity contribution is 8.00. The van der Waals surface area contributed by atoms with Crippen molar-refractivity contribution in [3.63, 3.8) is 0 Å². The zero-order valence-electron chi connectivity index (χ0n) is 7.11. The molecule has 4 nitrogen and oxygen atoms in total. The van der Waals surface area contributed by atoms with Crippen LogP contribution < -0.4 is 5.73 Å². The molecule has 12 heavy (non-hydrogen) atoms. The first-order valence-electron chi connectivity index (χ1n) is 3.59. The number of hydrogen-bond acceptors (Lipinski definition) is 3. The normalized spacial score (nSPS) is 12.8. The number of nitrogens with two attached hydrogens (primary N) is 1. The van der Waals surface area contributed by atoms with Crippen LogP contribution in [0.2, 0.25) is 0 Å². The Kier molecular flexibility index (Phi) is 2.75. The maximum Gasteiger partial charge on any atom is 0.104 e. The monoisotopic (exact) mass is 184 g/mol. The van der Waals surface area contributed by atoms with Crippen molar-refractivity contribution in [2.45, 2.75) is 17.1 Å². The van der Waals surface area contributed by atoms with Crippen LogP contribution >= 0.6 is 11.8 Å². The number of aromatic nitrogens is 2. The van der Waals surface area contributed by atoms with E-state index in [-0.39, 0.29) is 11.1 Å². The molecule has 0 saturated carbocycles. The zero-order chi connectivity index (χ0) is 9.14. The van der Waals surface area contributed by atoms with Gasteiger partial charge in [-0.2, -0.15) is 5.10 Å². The summed E-state index contributed by atoms with van der Waals surface area (Å²) in [6.07, 6.45) is 3.67. The van der Waals surface area contributed by atoms with Gasteiger partial charge in [0.2, 0.25) is 0 Å². The lowest BCUT2D eigenvalue weighted by atomic mass is 10.4. The van der Waals surface area contributed by atoms with Gasteiger partial charge in [-0.15, -0.1) is 11.8 Å². The van der Waals surface area contributed by atoms with Crippen molar-refractivity contribution in [3.8, 4) is 0 Å². The largest absolute Gasteiger partial charge is 0.387 e. The van der Waals surface area contributed by atoms with Gasteiger partial charge < -0.3 is 5.73 Å². The minimum Gasteiger partial charge on any atom is -0.387 e. The lowest BCUT2D eigenvalue weighted by molar-refractivity contribution is 0.766. The van der Waals surface area contributed by atoms with Crippen molar-refractivity contribution < 1.29 is 0 Å². The molecular weight excluding hydrogens is 172 g/mol. The van der Waals surface area contributed by atoms with Crippen molar-refractivity contribution in [3.05, 3.63) is 12.4 Å². The van der Waals surface area contributed by atoms with Crippen LogP contribution in [0.3, 0.4) is 0 Å². The summed E-state index contributed by atoms with van der Waals surface area (Å²) >= 11 is 1.54. The second kappa shape index (κ2) is 3.62. The summed E-state index contributed by atoms with van der Waals surface area (Å²) in [6.45, 7) is 1.90. The number of nitrogens with zero attached hydrogens (tertiary/aromatic N) is 2. The van der Waals surface area contributed by atoms with Gasteiger partial charge in [-0.1, -0.05) is 0 Å². The van der Waals surface area contributed by atoms with Gasteiger partial charge in [-0.3, -0.25) is 10.1 Å². The summed E-state index contributed by atoms with van der Waals surface area (Å²) in [7, 11) is 1.86. The molecule has 0 bridgehead atoms. The first-order chi connectivity index (χ1) is 5.59. The molecule has 1 atom stereocenters. The Morgan fingerprint density at radius 3 is 2.92 bits per heavy atom. The molecule has 0 aliphatic heterocycles. The molecule has 3 N–H and O–H groups in total. The number of thioether (sulfide) groups is 1. The number of nitrogens with one attached hydrogen (secondary N) is 1.